The second-order valence-corrected chi connectivity index (χ2v) is 3.95. The van der Waals surface area contributed by atoms with Crippen molar-refractivity contribution in [1.29, 1.82) is 0 Å². The number of hydrogen-bond donors (Lipinski definition) is 2. The molecule has 0 aliphatic rings. The molecule has 0 saturated carbocycles. The number of nitro benzene ring substituents is 1. The van der Waals surface area contributed by atoms with Crippen molar-refractivity contribution in [3.8, 4) is 0 Å². The van der Waals surface area contributed by atoms with Gasteiger partial charge in [-0.05, 0) is 12.1 Å². The van der Waals surface area contributed by atoms with Crippen LogP contribution in [-0.2, 0) is 0 Å². The van der Waals surface area contributed by atoms with E-state index in [0.717, 1.165) is 6.07 Å². The van der Waals surface area contributed by atoms with E-state index in [-0.39, 0.29) is 24.8 Å². The molecule has 0 spiro atoms. The molecule has 0 saturated heterocycles. The number of rotatable bonds is 5. The van der Waals surface area contributed by atoms with Gasteiger partial charge in [0.05, 0.1) is 4.92 Å². The van der Waals surface area contributed by atoms with Gasteiger partial charge in [0.1, 0.15) is 5.69 Å². The average Bonchev–Trinajstić information content (AvgIpc) is 2.33. The van der Waals surface area contributed by atoms with Gasteiger partial charge in [0.2, 0.25) is 5.82 Å². The lowest BCUT2D eigenvalue weighted by molar-refractivity contribution is -0.386. The van der Waals surface area contributed by atoms with Crippen molar-refractivity contribution in [3.63, 3.8) is 0 Å². The number of nitro groups is 1. The van der Waals surface area contributed by atoms with Gasteiger partial charge in [0.15, 0.2) is 0 Å². The lowest BCUT2D eigenvalue weighted by Crippen LogP contribution is -2.37. The first kappa shape index (κ1) is 14.7. The molecule has 0 aromatic heterocycles. The van der Waals surface area contributed by atoms with E-state index in [9.17, 15) is 19.3 Å². The van der Waals surface area contributed by atoms with Crippen LogP contribution in [0.25, 0.3) is 0 Å². The molecule has 7 nitrogen and oxygen atoms in total. The maximum atomic E-state index is 13.3. The van der Waals surface area contributed by atoms with Gasteiger partial charge in [0.25, 0.3) is 0 Å². The zero-order valence-electron chi connectivity index (χ0n) is 10.6. The fraction of sp³-hybridized carbons (Fsp3) is 0.364. The van der Waals surface area contributed by atoms with Gasteiger partial charge in [-0.2, -0.15) is 4.39 Å². The molecule has 104 valence electrons. The fourth-order valence-corrected chi connectivity index (χ4v) is 1.37. The van der Waals surface area contributed by atoms with Gasteiger partial charge >= 0.3 is 11.7 Å². The Morgan fingerprint density at radius 2 is 2.11 bits per heavy atom. The molecule has 8 heteroatoms. The number of amides is 2. The molecule has 19 heavy (non-hydrogen) atoms. The molecular formula is C11H15FN4O3. The van der Waals surface area contributed by atoms with E-state index in [1.54, 1.807) is 14.1 Å². The van der Waals surface area contributed by atoms with Crippen LogP contribution in [0.4, 0.5) is 20.6 Å². The molecule has 0 heterocycles. The summed E-state index contributed by atoms with van der Waals surface area (Å²) in [6, 6.07) is 3.55. The summed E-state index contributed by atoms with van der Waals surface area (Å²) in [5.41, 5.74) is -0.509. The summed E-state index contributed by atoms with van der Waals surface area (Å²) in [4.78, 5) is 22.5. The first-order valence-corrected chi connectivity index (χ1v) is 5.55. The Labute approximate surface area is 109 Å². The standard InChI is InChI=1S/C11H15FN4O3/c1-15(2)11(17)14-7-6-13-9-5-3-4-8(12)10(9)16(18)19/h3-5,13H,6-7H2,1-2H3,(H,14,17). The van der Waals surface area contributed by atoms with E-state index in [1.807, 2.05) is 0 Å². The highest BCUT2D eigenvalue weighted by atomic mass is 19.1. The number of carbonyl (C=O) groups excluding carboxylic acids is 1. The Morgan fingerprint density at radius 3 is 2.68 bits per heavy atom. The Hall–Kier alpha value is -2.38. The Bertz CT molecular complexity index is 479. The third-order valence-corrected chi connectivity index (χ3v) is 2.29. The molecule has 1 aromatic rings. The molecule has 2 N–H and O–H groups in total. The zero-order chi connectivity index (χ0) is 14.4. The van der Waals surface area contributed by atoms with Crippen LogP contribution in [0.15, 0.2) is 18.2 Å². The summed E-state index contributed by atoms with van der Waals surface area (Å²) in [7, 11) is 3.19. The highest BCUT2D eigenvalue weighted by molar-refractivity contribution is 5.73. The Morgan fingerprint density at radius 1 is 1.42 bits per heavy atom. The largest absolute Gasteiger partial charge is 0.378 e. The number of carbonyl (C=O) groups is 1. The van der Waals surface area contributed by atoms with Crippen molar-refractivity contribution < 1.29 is 14.1 Å². The number of anilines is 1. The van der Waals surface area contributed by atoms with Crippen molar-refractivity contribution >= 4 is 17.4 Å². The van der Waals surface area contributed by atoms with Crippen LogP contribution < -0.4 is 10.6 Å². The number of nitrogens with one attached hydrogen (secondary N) is 2. The minimum absolute atomic E-state index is 0.0871. The fourth-order valence-electron chi connectivity index (χ4n) is 1.37. The van der Waals surface area contributed by atoms with Crippen molar-refractivity contribution in [2.75, 3.05) is 32.5 Å². The Kier molecular flexibility index (Phi) is 5.04. The van der Waals surface area contributed by atoms with Gasteiger partial charge in [0, 0.05) is 27.2 Å². The molecule has 2 amide bonds. The number of para-hydroxylation sites is 1. The molecule has 0 bridgehead atoms. The summed E-state index contributed by atoms with van der Waals surface area (Å²) < 4.78 is 13.3. The van der Waals surface area contributed by atoms with E-state index in [4.69, 9.17) is 0 Å². The molecular weight excluding hydrogens is 255 g/mol. The molecule has 1 aromatic carbocycles. The van der Waals surface area contributed by atoms with Crippen LogP contribution in [0.5, 0.6) is 0 Å². The molecule has 0 unspecified atom stereocenters. The lowest BCUT2D eigenvalue weighted by Gasteiger charge is -2.12. The van der Waals surface area contributed by atoms with Crippen molar-refractivity contribution in [3.05, 3.63) is 34.1 Å². The summed E-state index contributed by atoms with van der Waals surface area (Å²) in [6.45, 7) is 0.522. The smallest absolute Gasteiger partial charge is 0.327 e. The molecule has 0 atom stereocenters. The van der Waals surface area contributed by atoms with Gasteiger partial charge < -0.3 is 15.5 Å². The predicted molar refractivity (Wildman–Crippen MR) is 68.6 cm³/mol. The summed E-state index contributed by atoms with van der Waals surface area (Å²) >= 11 is 0. The van der Waals surface area contributed by atoms with Gasteiger partial charge in [-0.1, -0.05) is 6.07 Å². The van der Waals surface area contributed by atoms with Crippen LogP contribution in [0.1, 0.15) is 0 Å². The van der Waals surface area contributed by atoms with E-state index < -0.39 is 16.4 Å². The van der Waals surface area contributed by atoms with E-state index >= 15 is 0 Å². The first-order valence-electron chi connectivity index (χ1n) is 5.55. The predicted octanol–water partition coefficient (Wildman–Crippen LogP) is 1.42. The first-order chi connectivity index (χ1) is 8.93. The monoisotopic (exact) mass is 270 g/mol. The zero-order valence-corrected chi connectivity index (χ0v) is 10.6. The quantitative estimate of drug-likeness (QED) is 0.481. The maximum absolute atomic E-state index is 13.3. The molecule has 0 aliphatic carbocycles. The lowest BCUT2D eigenvalue weighted by atomic mass is 10.2. The number of halogens is 1. The number of hydrogen-bond acceptors (Lipinski definition) is 4. The van der Waals surface area contributed by atoms with Gasteiger partial charge in [-0.25, -0.2) is 4.79 Å². The van der Waals surface area contributed by atoms with Crippen molar-refractivity contribution in [2.45, 2.75) is 0 Å². The molecule has 0 radical (unpaired) electrons. The molecule has 1 rings (SSSR count). The number of urea groups is 1. The topological polar surface area (TPSA) is 87.5 Å². The van der Waals surface area contributed by atoms with E-state index in [1.165, 1.54) is 17.0 Å². The minimum atomic E-state index is -0.896. The third kappa shape index (κ3) is 4.09. The minimum Gasteiger partial charge on any atom is -0.378 e. The summed E-state index contributed by atoms with van der Waals surface area (Å²) in [6.07, 6.45) is 0. The highest BCUT2D eigenvalue weighted by Gasteiger charge is 2.19. The molecule has 0 fully saturated rings. The van der Waals surface area contributed by atoms with Crippen LogP contribution in [0, 0.1) is 15.9 Å². The van der Waals surface area contributed by atoms with Crippen molar-refractivity contribution in [1.82, 2.24) is 10.2 Å². The number of nitrogens with zero attached hydrogens (tertiary/aromatic N) is 2. The molecule has 0 aliphatic heterocycles. The third-order valence-electron chi connectivity index (χ3n) is 2.29. The second kappa shape index (κ2) is 6.53. The van der Waals surface area contributed by atoms with Crippen molar-refractivity contribution in [2.24, 2.45) is 0 Å². The van der Waals surface area contributed by atoms with Gasteiger partial charge in [-0.3, -0.25) is 10.1 Å². The summed E-state index contributed by atoms with van der Waals surface area (Å²) in [5, 5.41) is 16.0. The SMILES string of the molecule is CN(C)C(=O)NCCNc1cccc(F)c1[N+](=O)[O-]. The van der Waals surface area contributed by atoms with Crippen LogP contribution in [0.2, 0.25) is 0 Å². The van der Waals surface area contributed by atoms with E-state index in [0.29, 0.717) is 0 Å². The van der Waals surface area contributed by atoms with E-state index in [2.05, 4.69) is 10.6 Å². The van der Waals surface area contributed by atoms with Crippen LogP contribution in [-0.4, -0.2) is 43.0 Å². The van der Waals surface area contributed by atoms with Crippen LogP contribution >= 0.6 is 0 Å². The number of benzene rings is 1. The highest BCUT2D eigenvalue weighted by Crippen LogP contribution is 2.26. The second-order valence-electron chi connectivity index (χ2n) is 3.95. The van der Waals surface area contributed by atoms with Gasteiger partial charge in [-0.15, -0.1) is 0 Å². The normalized spacial score (nSPS) is 9.84. The van der Waals surface area contributed by atoms with Crippen LogP contribution in [0.3, 0.4) is 0 Å². The Balaban J connectivity index is 2.57. The summed E-state index contributed by atoms with van der Waals surface area (Å²) in [5.74, 6) is -0.896. The maximum Gasteiger partial charge on any atom is 0.327 e. The average molecular weight is 270 g/mol.